The van der Waals surface area contributed by atoms with Crippen LogP contribution in [0.5, 0.6) is 5.75 Å². The molecule has 0 aliphatic heterocycles. The van der Waals surface area contributed by atoms with Gasteiger partial charge in [-0.2, -0.15) is 0 Å². The number of methoxy groups -OCH3 is 1. The minimum absolute atomic E-state index is 0.237. The highest BCUT2D eigenvalue weighted by Gasteiger charge is 2.12. The van der Waals surface area contributed by atoms with Gasteiger partial charge in [-0.15, -0.1) is 0 Å². The second kappa shape index (κ2) is 7.32. The van der Waals surface area contributed by atoms with Crippen LogP contribution in [0.3, 0.4) is 0 Å². The first-order valence-electron chi connectivity index (χ1n) is 7.77. The Morgan fingerprint density at radius 3 is 2.35 bits per heavy atom. The van der Waals surface area contributed by atoms with Crippen molar-refractivity contribution in [1.29, 1.82) is 0 Å². The average molecular weight is 312 g/mol. The molecule has 0 heterocycles. The van der Waals surface area contributed by atoms with Crippen molar-refractivity contribution in [2.45, 2.75) is 40.7 Å². The number of hydrogen-bond donors (Lipinski definition) is 0. The van der Waals surface area contributed by atoms with E-state index in [4.69, 9.17) is 9.47 Å². The third-order valence-electron chi connectivity index (χ3n) is 4.23. The molecule has 0 radical (unpaired) electrons. The second-order valence-corrected chi connectivity index (χ2v) is 5.96. The van der Waals surface area contributed by atoms with Crippen molar-refractivity contribution >= 4 is 5.97 Å². The summed E-state index contributed by atoms with van der Waals surface area (Å²) in [6, 6.07) is 10.2. The van der Waals surface area contributed by atoms with Gasteiger partial charge in [-0.3, -0.25) is 4.79 Å². The van der Waals surface area contributed by atoms with Crippen molar-refractivity contribution in [2.24, 2.45) is 0 Å². The maximum atomic E-state index is 11.6. The molecular formula is C20H24O3. The first-order chi connectivity index (χ1) is 10.9. The fourth-order valence-electron chi connectivity index (χ4n) is 2.60. The van der Waals surface area contributed by atoms with Gasteiger partial charge in [-0.1, -0.05) is 24.3 Å². The molecule has 23 heavy (non-hydrogen) atoms. The Labute approximate surface area is 138 Å². The molecule has 0 aliphatic rings. The van der Waals surface area contributed by atoms with E-state index in [1.165, 1.54) is 18.2 Å². The average Bonchev–Trinajstić information content (AvgIpc) is 2.51. The largest absolute Gasteiger partial charge is 0.489 e. The first-order valence-corrected chi connectivity index (χ1v) is 7.77. The van der Waals surface area contributed by atoms with Gasteiger partial charge in [0.25, 0.3) is 0 Å². The van der Waals surface area contributed by atoms with Crippen LogP contribution in [0.2, 0.25) is 0 Å². The summed E-state index contributed by atoms with van der Waals surface area (Å²) < 4.78 is 10.8. The summed E-state index contributed by atoms with van der Waals surface area (Å²) in [5.41, 5.74) is 6.72. The highest BCUT2D eigenvalue weighted by Crippen LogP contribution is 2.25. The van der Waals surface area contributed by atoms with Crippen molar-refractivity contribution in [3.63, 3.8) is 0 Å². The van der Waals surface area contributed by atoms with Crippen molar-refractivity contribution in [2.75, 3.05) is 7.11 Å². The maximum absolute atomic E-state index is 11.6. The number of hydrogen-bond acceptors (Lipinski definition) is 3. The molecule has 122 valence electrons. The third-order valence-corrected chi connectivity index (χ3v) is 4.23. The van der Waals surface area contributed by atoms with E-state index in [1.54, 1.807) is 0 Å². The van der Waals surface area contributed by atoms with Gasteiger partial charge in [-0.25, -0.2) is 0 Å². The predicted octanol–water partition coefficient (Wildman–Crippen LogP) is 4.21. The van der Waals surface area contributed by atoms with Crippen LogP contribution in [0.25, 0.3) is 0 Å². The Hall–Kier alpha value is -2.29. The Kier molecular flexibility index (Phi) is 5.43. The quantitative estimate of drug-likeness (QED) is 0.776. The lowest BCUT2D eigenvalue weighted by Gasteiger charge is -2.15. The lowest BCUT2D eigenvalue weighted by Crippen LogP contribution is -2.10. The lowest BCUT2D eigenvalue weighted by atomic mass is 10.00. The molecule has 0 fully saturated rings. The van der Waals surface area contributed by atoms with E-state index in [9.17, 15) is 4.79 Å². The molecule has 2 rings (SSSR count). The van der Waals surface area contributed by atoms with E-state index >= 15 is 0 Å². The first kappa shape index (κ1) is 17.1. The van der Waals surface area contributed by atoms with Gasteiger partial charge >= 0.3 is 5.97 Å². The number of carbonyl (C=O) groups is 1. The number of benzene rings is 2. The van der Waals surface area contributed by atoms with Crippen LogP contribution in [-0.4, -0.2) is 13.1 Å². The number of esters is 1. The van der Waals surface area contributed by atoms with E-state index in [1.807, 2.05) is 25.1 Å². The molecule has 0 amide bonds. The normalized spacial score (nSPS) is 10.5. The zero-order valence-corrected chi connectivity index (χ0v) is 14.5. The Morgan fingerprint density at radius 1 is 0.957 bits per heavy atom. The van der Waals surface area contributed by atoms with Crippen molar-refractivity contribution in [1.82, 2.24) is 0 Å². The number of rotatable bonds is 5. The number of ether oxygens (including phenoxy) is 2. The summed E-state index contributed by atoms with van der Waals surface area (Å²) in [6.07, 6.45) is 0.267. The van der Waals surface area contributed by atoms with E-state index in [2.05, 4.69) is 32.9 Å². The highest BCUT2D eigenvalue weighted by atomic mass is 16.5. The molecule has 0 saturated heterocycles. The van der Waals surface area contributed by atoms with Gasteiger partial charge in [0.05, 0.1) is 13.5 Å². The highest BCUT2D eigenvalue weighted by molar-refractivity contribution is 5.73. The fraction of sp³-hybridized carbons (Fsp3) is 0.350. The summed E-state index contributed by atoms with van der Waals surface area (Å²) in [5.74, 6) is 0.652. The van der Waals surface area contributed by atoms with Crippen LogP contribution in [0.15, 0.2) is 30.3 Å². The van der Waals surface area contributed by atoms with Crippen molar-refractivity contribution < 1.29 is 14.3 Å². The Morgan fingerprint density at radius 2 is 1.65 bits per heavy atom. The van der Waals surface area contributed by atoms with Crippen LogP contribution in [0.4, 0.5) is 0 Å². The predicted molar refractivity (Wildman–Crippen MR) is 91.9 cm³/mol. The molecule has 0 spiro atoms. The molecule has 3 heteroatoms. The van der Waals surface area contributed by atoms with Crippen molar-refractivity contribution in [3.05, 3.63) is 63.7 Å². The fourth-order valence-corrected chi connectivity index (χ4v) is 2.60. The van der Waals surface area contributed by atoms with Crippen LogP contribution in [0.1, 0.15) is 33.4 Å². The van der Waals surface area contributed by atoms with Crippen LogP contribution < -0.4 is 4.74 Å². The second-order valence-electron chi connectivity index (χ2n) is 5.96. The molecule has 0 aromatic heterocycles. The van der Waals surface area contributed by atoms with Crippen LogP contribution >= 0.6 is 0 Å². The van der Waals surface area contributed by atoms with Crippen LogP contribution in [0, 0.1) is 27.7 Å². The number of carbonyl (C=O) groups excluding carboxylic acids is 1. The van der Waals surface area contributed by atoms with Gasteiger partial charge in [-0.05, 0) is 67.1 Å². The molecule has 0 atom stereocenters. The molecule has 0 N–H and O–H groups in total. The SMILES string of the molecule is COC(=O)Cc1cccc(C)c1COc1cc(C)c(C)cc1C. The zero-order chi connectivity index (χ0) is 17.0. The third kappa shape index (κ3) is 4.13. The van der Waals surface area contributed by atoms with E-state index in [0.29, 0.717) is 6.61 Å². The van der Waals surface area contributed by atoms with Gasteiger partial charge in [0.2, 0.25) is 0 Å². The minimum Gasteiger partial charge on any atom is -0.489 e. The molecule has 0 unspecified atom stereocenters. The van der Waals surface area contributed by atoms with E-state index < -0.39 is 0 Å². The summed E-state index contributed by atoms with van der Waals surface area (Å²) in [4.78, 5) is 11.6. The topological polar surface area (TPSA) is 35.5 Å². The summed E-state index contributed by atoms with van der Waals surface area (Å²) >= 11 is 0. The molecule has 2 aromatic rings. The smallest absolute Gasteiger partial charge is 0.309 e. The minimum atomic E-state index is -0.237. The molecule has 0 bridgehead atoms. The summed E-state index contributed by atoms with van der Waals surface area (Å²) in [5, 5.41) is 0. The monoisotopic (exact) mass is 312 g/mol. The molecule has 0 aliphatic carbocycles. The van der Waals surface area contributed by atoms with Crippen molar-refractivity contribution in [3.8, 4) is 5.75 Å². The summed E-state index contributed by atoms with van der Waals surface area (Å²) in [6.45, 7) is 8.71. The maximum Gasteiger partial charge on any atom is 0.309 e. The van der Waals surface area contributed by atoms with E-state index in [0.717, 1.165) is 28.0 Å². The Balaban J connectivity index is 2.23. The lowest BCUT2D eigenvalue weighted by molar-refractivity contribution is -0.139. The molecule has 3 nitrogen and oxygen atoms in total. The van der Waals surface area contributed by atoms with Gasteiger partial charge in [0.1, 0.15) is 12.4 Å². The van der Waals surface area contributed by atoms with E-state index in [-0.39, 0.29) is 12.4 Å². The van der Waals surface area contributed by atoms with Gasteiger partial charge in [0.15, 0.2) is 0 Å². The van der Waals surface area contributed by atoms with Crippen LogP contribution in [-0.2, 0) is 22.6 Å². The summed E-state index contributed by atoms with van der Waals surface area (Å²) in [7, 11) is 1.41. The standard InChI is InChI=1S/C20H24O3/c1-13-7-6-8-17(11-20(21)22-5)18(13)12-23-19-10-15(3)14(2)9-16(19)4/h6-10H,11-12H2,1-5H3. The number of aryl methyl sites for hydroxylation is 4. The zero-order valence-electron chi connectivity index (χ0n) is 14.5. The Bertz CT molecular complexity index is 717. The van der Waals surface area contributed by atoms with Gasteiger partial charge < -0.3 is 9.47 Å². The molecule has 0 saturated carbocycles. The van der Waals surface area contributed by atoms with Gasteiger partial charge in [0, 0.05) is 0 Å². The molecular weight excluding hydrogens is 288 g/mol. The molecule has 2 aromatic carbocycles.